The SMILES string of the molecule is Cc1cc(F)c2c(c1)OCC(C)C2(F)F. The molecule has 0 fully saturated rings. The molecule has 82 valence electrons. The van der Waals surface area contributed by atoms with E-state index in [9.17, 15) is 13.2 Å². The van der Waals surface area contributed by atoms with E-state index in [1.54, 1.807) is 6.92 Å². The van der Waals surface area contributed by atoms with Crippen LogP contribution in [0.3, 0.4) is 0 Å². The van der Waals surface area contributed by atoms with E-state index in [1.165, 1.54) is 13.0 Å². The first kappa shape index (κ1) is 10.3. The Morgan fingerprint density at radius 1 is 1.40 bits per heavy atom. The number of aryl methyl sites for hydroxylation is 1. The lowest BCUT2D eigenvalue weighted by atomic mass is 9.92. The molecule has 4 heteroatoms. The van der Waals surface area contributed by atoms with Gasteiger partial charge in [-0.2, -0.15) is 0 Å². The number of hydrogen-bond acceptors (Lipinski definition) is 1. The second-order valence-corrected chi connectivity index (χ2v) is 3.95. The highest BCUT2D eigenvalue weighted by molar-refractivity contribution is 5.42. The Balaban J connectivity index is 2.64. The third-order valence-electron chi connectivity index (χ3n) is 2.64. The van der Waals surface area contributed by atoms with Crippen molar-refractivity contribution in [1.82, 2.24) is 0 Å². The summed E-state index contributed by atoms with van der Waals surface area (Å²) in [6.07, 6.45) is 0. The van der Waals surface area contributed by atoms with E-state index in [0.717, 1.165) is 6.07 Å². The third-order valence-corrected chi connectivity index (χ3v) is 2.64. The van der Waals surface area contributed by atoms with Crippen molar-refractivity contribution in [2.24, 2.45) is 5.92 Å². The average Bonchev–Trinajstić information content (AvgIpc) is 2.10. The van der Waals surface area contributed by atoms with Crippen LogP contribution in [0.15, 0.2) is 12.1 Å². The predicted molar refractivity (Wildman–Crippen MR) is 49.7 cm³/mol. The van der Waals surface area contributed by atoms with Crippen LogP contribution in [-0.2, 0) is 5.92 Å². The summed E-state index contributed by atoms with van der Waals surface area (Å²) in [7, 11) is 0. The molecule has 0 N–H and O–H groups in total. The summed E-state index contributed by atoms with van der Waals surface area (Å²) in [4.78, 5) is 0. The molecule has 15 heavy (non-hydrogen) atoms. The molecule has 0 bridgehead atoms. The first-order chi connectivity index (χ1) is 6.93. The van der Waals surface area contributed by atoms with Gasteiger partial charge in [-0.25, -0.2) is 13.2 Å². The summed E-state index contributed by atoms with van der Waals surface area (Å²) in [5.41, 5.74) is -0.0246. The van der Waals surface area contributed by atoms with E-state index in [-0.39, 0.29) is 12.4 Å². The highest BCUT2D eigenvalue weighted by Crippen LogP contribution is 2.46. The molecular weight excluding hydrogens is 205 g/mol. The Bertz CT molecular complexity index is 401. The van der Waals surface area contributed by atoms with Crippen LogP contribution >= 0.6 is 0 Å². The van der Waals surface area contributed by atoms with Gasteiger partial charge in [-0.3, -0.25) is 0 Å². The lowest BCUT2D eigenvalue weighted by molar-refractivity contribution is -0.0910. The first-order valence-electron chi connectivity index (χ1n) is 4.74. The van der Waals surface area contributed by atoms with Gasteiger partial charge in [0.05, 0.1) is 18.1 Å². The fourth-order valence-electron chi connectivity index (χ4n) is 1.71. The fraction of sp³-hybridized carbons (Fsp3) is 0.455. The molecular formula is C11H11F3O. The molecule has 0 aromatic heterocycles. The number of benzene rings is 1. The van der Waals surface area contributed by atoms with Crippen molar-refractivity contribution in [3.05, 3.63) is 29.1 Å². The molecule has 1 nitrogen and oxygen atoms in total. The molecule has 1 aromatic carbocycles. The largest absolute Gasteiger partial charge is 0.492 e. The molecule has 1 aliphatic rings. The Labute approximate surface area is 85.9 Å². The second-order valence-electron chi connectivity index (χ2n) is 3.95. The Hall–Kier alpha value is -1.19. The van der Waals surface area contributed by atoms with Crippen molar-refractivity contribution >= 4 is 0 Å². The molecule has 1 aromatic rings. The van der Waals surface area contributed by atoms with Crippen LogP contribution in [0.2, 0.25) is 0 Å². The van der Waals surface area contributed by atoms with Gasteiger partial charge in [0, 0.05) is 0 Å². The number of alkyl halides is 2. The van der Waals surface area contributed by atoms with Gasteiger partial charge in [0.15, 0.2) is 0 Å². The van der Waals surface area contributed by atoms with E-state index in [0.29, 0.717) is 5.56 Å². The zero-order valence-electron chi connectivity index (χ0n) is 8.48. The van der Waals surface area contributed by atoms with Crippen molar-refractivity contribution in [3.8, 4) is 5.75 Å². The number of halogens is 3. The van der Waals surface area contributed by atoms with Gasteiger partial charge < -0.3 is 4.74 Å². The summed E-state index contributed by atoms with van der Waals surface area (Å²) in [5, 5.41) is 0. The van der Waals surface area contributed by atoms with Gasteiger partial charge >= 0.3 is 0 Å². The molecule has 2 rings (SSSR count). The lowest BCUT2D eigenvalue weighted by Crippen LogP contribution is -2.34. The van der Waals surface area contributed by atoms with Crippen LogP contribution in [-0.4, -0.2) is 6.61 Å². The molecule has 0 saturated carbocycles. The van der Waals surface area contributed by atoms with Crippen molar-refractivity contribution in [3.63, 3.8) is 0 Å². The van der Waals surface area contributed by atoms with Crippen LogP contribution < -0.4 is 4.74 Å². The van der Waals surface area contributed by atoms with E-state index < -0.39 is 23.2 Å². The highest BCUT2D eigenvalue weighted by Gasteiger charge is 2.46. The Morgan fingerprint density at radius 3 is 2.73 bits per heavy atom. The van der Waals surface area contributed by atoms with Gasteiger partial charge in [0.1, 0.15) is 11.6 Å². The molecule has 1 atom stereocenters. The van der Waals surface area contributed by atoms with Crippen molar-refractivity contribution in [2.75, 3.05) is 6.61 Å². The van der Waals surface area contributed by atoms with Crippen LogP contribution in [0.25, 0.3) is 0 Å². The summed E-state index contributed by atoms with van der Waals surface area (Å²) in [6, 6.07) is 2.55. The molecule has 0 radical (unpaired) electrons. The van der Waals surface area contributed by atoms with E-state index in [1.807, 2.05) is 0 Å². The number of fused-ring (bicyclic) bond motifs is 1. The standard InChI is InChI=1S/C11H11F3O/c1-6-3-8(12)10-9(4-6)15-5-7(2)11(10,13)14/h3-4,7H,5H2,1-2H3. The van der Waals surface area contributed by atoms with Crippen LogP contribution in [0.4, 0.5) is 13.2 Å². The van der Waals surface area contributed by atoms with Crippen molar-refractivity contribution in [1.29, 1.82) is 0 Å². The smallest absolute Gasteiger partial charge is 0.285 e. The zero-order valence-corrected chi connectivity index (χ0v) is 8.48. The van der Waals surface area contributed by atoms with Crippen LogP contribution in [0.1, 0.15) is 18.1 Å². The number of hydrogen-bond donors (Lipinski definition) is 0. The minimum Gasteiger partial charge on any atom is -0.492 e. The van der Waals surface area contributed by atoms with Crippen LogP contribution in [0.5, 0.6) is 5.75 Å². The minimum absolute atomic E-state index is 0.0319. The minimum atomic E-state index is -3.15. The Morgan fingerprint density at radius 2 is 2.07 bits per heavy atom. The fourth-order valence-corrected chi connectivity index (χ4v) is 1.71. The topological polar surface area (TPSA) is 9.23 Å². The van der Waals surface area contributed by atoms with E-state index in [2.05, 4.69) is 0 Å². The van der Waals surface area contributed by atoms with Gasteiger partial charge in [0.2, 0.25) is 0 Å². The number of ether oxygens (including phenoxy) is 1. The quantitative estimate of drug-likeness (QED) is 0.646. The first-order valence-corrected chi connectivity index (χ1v) is 4.74. The molecule has 0 amide bonds. The molecule has 0 aliphatic carbocycles. The monoisotopic (exact) mass is 216 g/mol. The van der Waals surface area contributed by atoms with Gasteiger partial charge in [-0.15, -0.1) is 0 Å². The average molecular weight is 216 g/mol. The number of rotatable bonds is 0. The summed E-state index contributed by atoms with van der Waals surface area (Å²) < 4.78 is 45.9. The zero-order chi connectivity index (χ0) is 11.2. The molecule has 1 unspecified atom stereocenters. The maximum atomic E-state index is 13.7. The maximum Gasteiger partial charge on any atom is 0.285 e. The van der Waals surface area contributed by atoms with Crippen LogP contribution in [0, 0.1) is 18.7 Å². The van der Waals surface area contributed by atoms with Gasteiger partial charge in [0.25, 0.3) is 5.92 Å². The molecule has 1 heterocycles. The van der Waals surface area contributed by atoms with E-state index >= 15 is 0 Å². The van der Waals surface area contributed by atoms with Gasteiger partial charge in [-0.05, 0) is 24.6 Å². The van der Waals surface area contributed by atoms with Crippen molar-refractivity contribution < 1.29 is 17.9 Å². The Kier molecular flexibility index (Phi) is 2.17. The molecule has 1 aliphatic heterocycles. The second kappa shape index (κ2) is 3.15. The highest BCUT2D eigenvalue weighted by atomic mass is 19.3. The normalized spacial score (nSPS) is 23.1. The molecule has 0 saturated heterocycles. The van der Waals surface area contributed by atoms with Gasteiger partial charge in [-0.1, -0.05) is 6.92 Å². The summed E-state index contributed by atoms with van der Waals surface area (Å²) in [6.45, 7) is 2.91. The summed E-state index contributed by atoms with van der Waals surface area (Å²) in [5.74, 6) is -5.06. The van der Waals surface area contributed by atoms with Crippen molar-refractivity contribution in [2.45, 2.75) is 19.8 Å². The summed E-state index contributed by atoms with van der Waals surface area (Å²) >= 11 is 0. The van der Waals surface area contributed by atoms with E-state index in [4.69, 9.17) is 4.74 Å². The third kappa shape index (κ3) is 1.48. The maximum absolute atomic E-state index is 13.7. The molecule has 0 spiro atoms. The lowest BCUT2D eigenvalue weighted by Gasteiger charge is -2.31. The predicted octanol–water partition coefficient (Wildman–Crippen LogP) is 3.25.